The molecule has 1 aliphatic rings. The summed E-state index contributed by atoms with van der Waals surface area (Å²) in [4.78, 5) is 0. The zero-order chi connectivity index (χ0) is 11.5. The van der Waals surface area contributed by atoms with E-state index in [1.807, 2.05) is 13.8 Å². The molecule has 1 aliphatic heterocycles. The van der Waals surface area contributed by atoms with Crippen molar-refractivity contribution in [3.8, 4) is 0 Å². The van der Waals surface area contributed by atoms with Crippen LogP contribution in [0, 0.1) is 0 Å². The van der Waals surface area contributed by atoms with Gasteiger partial charge < -0.3 is 4.74 Å². The highest BCUT2D eigenvalue weighted by Gasteiger charge is 2.30. The molecular weight excluding hydrogens is 238 g/mol. The van der Waals surface area contributed by atoms with E-state index in [4.69, 9.17) is 16.3 Å². The lowest BCUT2D eigenvalue weighted by Crippen LogP contribution is -2.48. The van der Waals surface area contributed by atoms with E-state index in [2.05, 4.69) is 0 Å². The summed E-state index contributed by atoms with van der Waals surface area (Å²) >= 11 is 5.50. The van der Waals surface area contributed by atoms with Gasteiger partial charge in [-0.25, -0.2) is 8.42 Å². The summed E-state index contributed by atoms with van der Waals surface area (Å²) in [6, 6.07) is 0. The van der Waals surface area contributed by atoms with Gasteiger partial charge in [0.2, 0.25) is 10.0 Å². The van der Waals surface area contributed by atoms with Crippen LogP contribution in [0.2, 0.25) is 0 Å². The molecule has 0 N–H and O–H groups in total. The Labute approximate surface area is 96.6 Å². The molecule has 0 bridgehead atoms. The molecule has 15 heavy (non-hydrogen) atoms. The molecule has 0 saturated carbocycles. The Kier molecular flexibility index (Phi) is 4.83. The van der Waals surface area contributed by atoms with Gasteiger partial charge in [-0.15, -0.1) is 11.6 Å². The molecule has 0 aromatic carbocycles. The molecule has 1 saturated heterocycles. The molecule has 4 nitrogen and oxygen atoms in total. The first-order valence-corrected chi connectivity index (χ1v) is 7.29. The molecule has 0 aromatic heterocycles. The van der Waals surface area contributed by atoms with Gasteiger partial charge in [-0.05, 0) is 20.3 Å². The number of hydrogen-bond donors (Lipinski definition) is 0. The van der Waals surface area contributed by atoms with Gasteiger partial charge in [-0.2, -0.15) is 4.31 Å². The minimum absolute atomic E-state index is 0.0282. The van der Waals surface area contributed by atoms with Crippen LogP contribution in [0.3, 0.4) is 0 Å². The highest BCUT2D eigenvalue weighted by Crippen LogP contribution is 2.15. The maximum atomic E-state index is 11.8. The van der Waals surface area contributed by atoms with Crippen molar-refractivity contribution in [2.75, 3.05) is 24.7 Å². The van der Waals surface area contributed by atoms with Crippen LogP contribution < -0.4 is 0 Å². The van der Waals surface area contributed by atoms with E-state index in [9.17, 15) is 8.42 Å². The van der Waals surface area contributed by atoms with Gasteiger partial charge in [-0.3, -0.25) is 0 Å². The van der Waals surface area contributed by atoms with Crippen molar-refractivity contribution in [3.63, 3.8) is 0 Å². The fraction of sp³-hybridized carbons (Fsp3) is 1.00. The second kappa shape index (κ2) is 5.48. The van der Waals surface area contributed by atoms with E-state index in [1.165, 1.54) is 4.31 Å². The first-order valence-electron chi connectivity index (χ1n) is 5.15. The van der Waals surface area contributed by atoms with E-state index in [1.54, 1.807) is 0 Å². The van der Waals surface area contributed by atoms with E-state index in [0.29, 0.717) is 25.4 Å². The summed E-state index contributed by atoms with van der Waals surface area (Å²) < 4.78 is 30.7. The Morgan fingerprint density at radius 3 is 2.33 bits per heavy atom. The van der Waals surface area contributed by atoms with Gasteiger partial charge in [-0.1, -0.05) is 0 Å². The van der Waals surface area contributed by atoms with Crippen LogP contribution >= 0.6 is 11.6 Å². The van der Waals surface area contributed by atoms with Crippen LogP contribution in [-0.4, -0.2) is 49.7 Å². The van der Waals surface area contributed by atoms with Crippen LogP contribution in [0.25, 0.3) is 0 Å². The zero-order valence-corrected chi connectivity index (χ0v) is 10.7. The first-order chi connectivity index (χ1) is 6.95. The second-order valence-corrected chi connectivity index (χ2v) is 6.40. The second-order valence-electron chi connectivity index (χ2n) is 3.93. The predicted octanol–water partition coefficient (Wildman–Crippen LogP) is 1.05. The maximum absolute atomic E-state index is 11.8. The number of morpholine rings is 1. The molecule has 1 fully saturated rings. The van der Waals surface area contributed by atoms with Crippen LogP contribution in [0.1, 0.15) is 20.3 Å². The molecule has 0 unspecified atom stereocenters. The average molecular weight is 256 g/mol. The third-order valence-corrected chi connectivity index (χ3v) is 4.47. The Morgan fingerprint density at radius 1 is 1.33 bits per heavy atom. The van der Waals surface area contributed by atoms with Gasteiger partial charge in [0, 0.05) is 19.0 Å². The van der Waals surface area contributed by atoms with Crippen LogP contribution in [0.4, 0.5) is 0 Å². The number of hydrogen-bond acceptors (Lipinski definition) is 3. The summed E-state index contributed by atoms with van der Waals surface area (Å²) in [7, 11) is -3.14. The normalized spacial score (nSPS) is 29.3. The number of nitrogens with zero attached hydrogens (tertiary/aromatic N) is 1. The molecule has 6 heteroatoms. The molecule has 0 aromatic rings. The number of sulfonamides is 1. The third-order valence-electron chi connectivity index (χ3n) is 2.32. The fourth-order valence-corrected chi connectivity index (χ4v) is 3.66. The number of alkyl halides is 1. The van der Waals surface area contributed by atoms with E-state index in [-0.39, 0.29) is 18.0 Å². The minimum Gasteiger partial charge on any atom is -0.373 e. The van der Waals surface area contributed by atoms with Gasteiger partial charge in [0.25, 0.3) is 0 Å². The monoisotopic (exact) mass is 255 g/mol. The Bertz CT molecular complexity index is 284. The standard InChI is InChI=1S/C9H18ClNO3S/c1-8-6-11(7-9(2)14-8)15(12,13)5-3-4-10/h8-9H,3-7H2,1-2H3/t8-,9+. The van der Waals surface area contributed by atoms with Crippen molar-refractivity contribution in [2.45, 2.75) is 32.5 Å². The zero-order valence-electron chi connectivity index (χ0n) is 9.15. The van der Waals surface area contributed by atoms with Crippen LogP contribution in [0.15, 0.2) is 0 Å². The minimum atomic E-state index is -3.14. The SMILES string of the molecule is C[C@@H]1CN(S(=O)(=O)CCCCl)C[C@H](C)O1. The van der Waals surface area contributed by atoms with Crippen molar-refractivity contribution >= 4 is 21.6 Å². The average Bonchev–Trinajstić information content (AvgIpc) is 2.13. The Morgan fingerprint density at radius 2 is 1.87 bits per heavy atom. The highest BCUT2D eigenvalue weighted by molar-refractivity contribution is 7.89. The Hall–Kier alpha value is 0.160. The predicted molar refractivity (Wildman–Crippen MR) is 60.7 cm³/mol. The molecule has 1 rings (SSSR count). The third kappa shape index (κ3) is 3.90. The summed E-state index contributed by atoms with van der Waals surface area (Å²) in [5.41, 5.74) is 0. The lowest BCUT2D eigenvalue weighted by molar-refractivity contribution is -0.0440. The van der Waals surface area contributed by atoms with Gasteiger partial charge in [0.05, 0.1) is 18.0 Å². The largest absolute Gasteiger partial charge is 0.373 e. The van der Waals surface area contributed by atoms with Crippen molar-refractivity contribution in [2.24, 2.45) is 0 Å². The summed E-state index contributed by atoms with van der Waals surface area (Å²) in [6.45, 7) is 4.68. The topological polar surface area (TPSA) is 46.6 Å². The van der Waals surface area contributed by atoms with Crippen molar-refractivity contribution in [1.29, 1.82) is 0 Å². The summed E-state index contributed by atoms with van der Waals surface area (Å²) in [5, 5.41) is 0. The molecular formula is C9H18ClNO3S. The number of rotatable bonds is 4. The van der Waals surface area contributed by atoms with Crippen molar-refractivity contribution in [1.82, 2.24) is 4.31 Å². The van der Waals surface area contributed by atoms with Gasteiger partial charge >= 0.3 is 0 Å². The smallest absolute Gasteiger partial charge is 0.214 e. The first kappa shape index (κ1) is 13.2. The molecule has 0 amide bonds. The quantitative estimate of drug-likeness (QED) is 0.706. The number of halogens is 1. The van der Waals surface area contributed by atoms with Crippen LogP contribution in [0.5, 0.6) is 0 Å². The molecule has 0 aliphatic carbocycles. The highest BCUT2D eigenvalue weighted by atomic mass is 35.5. The van der Waals surface area contributed by atoms with Gasteiger partial charge in [0.1, 0.15) is 0 Å². The fourth-order valence-electron chi connectivity index (χ4n) is 1.72. The maximum Gasteiger partial charge on any atom is 0.214 e. The lowest BCUT2D eigenvalue weighted by Gasteiger charge is -2.34. The van der Waals surface area contributed by atoms with E-state index >= 15 is 0 Å². The van der Waals surface area contributed by atoms with Gasteiger partial charge in [0.15, 0.2) is 0 Å². The molecule has 0 radical (unpaired) electrons. The van der Waals surface area contributed by atoms with Crippen molar-refractivity contribution < 1.29 is 13.2 Å². The molecule has 90 valence electrons. The molecule has 2 atom stereocenters. The molecule has 0 spiro atoms. The van der Waals surface area contributed by atoms with E-state index in [0.717, 1.165) is 0 Å². The van der Waals surface area contributed by atoms with E-state index < -0.39 is 10.0 Å². The summed E-state index contributed by atoms with van der Waals surface area (Å²) in [5.74, 6) is 0.518. The number of ether oxygens (including phenoxy) is 1. The summed E-state index contributed by atoms with van der Waals surface area (Å²) in [6.07, 6.45) is 0.448. The Balaban J connectivity index is 2.61. The lowest BCUT2D eigenvalue weighted by atomic mass is 10.3. The van der Waals surface area contributed by atoms with Crippen molar-refractivity contribution in [3.05, 3.63) is 0 Å². The molecule has 1 heterocycles. The van der Waals surface area contributed by atoms with Crippen LogP contribution in [-0.2, 0) is 14.8 Å².